The number of amides is 1. The quantitative estimate of drug-likeness (QED) is 0.682. The number of hydrogen-bond acceptors (Lipinski definition) is 4. The third kappa shape index (κ3) is 2.79. The van der Waals surface area contributed by atoms with Crippen molar-refractivity contribution >= 4 is 5.91 Å². The van der Waals surface area contributed by atoms with Crippen LogP contribution in [0.15, 0.2) is 0 Å². The van der Waals surface area contributed by atoms with E-state index in [2.05, 4.69) is 15.4 Å². The summed E-state index contributed by atoms with van der Waals surface area (Å²) in [6, 6.07) is -0.406. The molecule has 3 N–H and O–H groups in total. The highest BCUT2D eigenvalue weighted by molar-refractivity contribution is 5.79. The molecule has 1 rings (SSSR count). The summed E-state index contributed by atoms with van der Waals surface area (Å²) in [6.45, 7) is 4.45. The Morgan fingerprint density at radius 2 is 2.19 bits per heavy atom. The van der Waals surface area contributed by atoms with Crippen molar-refractivity contribution in [1.29, 1.82) is 0 Å². The molecule has 90 valence electrons. The van der Waals surface area contributed by atoms with E-state index in [1.165, 1.54) is 0 Å². The maximum Gasteiger partial charge on any atom is 0.236 e. The van der Waals surface area contributed by atoms with Crippen LogP contribution < -0.4 is 11.1 Å². The average molecular weight is 225 g/mol. The smallest absolute Gasteiger partial charge is 0.236 e. The number of nitrogens with one attached hydrogen (secondary N) is 1. The Kier molecular flexibility index (Phi) is 4.42. The number of rotatable bonds is 6. The molecule has 1 unspecified atom stereocenters. The third-order valence-electron chi connectivity index (χ3n) is 2.47. The number of carbonyl (C=O) groups is 1. The normalized spacial score (nSPS) is 12.7. The van der Waals surface area contributed by atoms with E-state index in [9.17, 15) is 4.79 Å². The van der Waals surface area contributed by atoms with Gasteiger partial charge in [0.15, 0.2) is 5.82 Å². The maximum atomic E-state index is 11.1. The Labute approximate surface area is 95.2 Å². The van der Waals surface area contributed by atoms with Crippen LogP contribution >= 0.6 is 0 Å². The number of nitrogens with zero attached hydrogens (tertiary/aromatic N) is 3. The van der Waals surface area contributed by atoms with Gasteiger partial charge in [-0.15, -0.1) is 0 Å². The van der Waals surface area contributed by atoms with Crippen molar-refractivity contribution < 1.29 is 4.79 Å². The summed E-state index contributed by atoms with van der Waals surface area (Å²) >= 11 is 0. The number of carbonyl (C=O) groups excluding carboxylic acids is 1. The summed E-state index contributed by atoms with van der Waals surface area (Å²) in [6.07, 6.45) is 1.59. The topological polar surface area (TPSA) is 85.8 Å². The molecule has 1 atom stereocenters. The van der Waals surface area contributed by atoms with Gasteiger partial charge in [0.1, 0.15) is 11.9 Å². The van der Waals surface area contributed by atoms with Gasteiger partial charge in [-0.05, 0) is 7.05 Å². The lowest BCUT2D eigenvalue weighted by atomic mass is 10.3. The Hall–Kier alpha value is -1.43. The van der Waals surface area contributed by atoms with Crippen molar-refractivity contribution in [2.45, 2.75) is 39.3 Å². The molecule has 0 spiro atoms. The van der Waals surface area contributed by atoms with Crippen LogP contribution in [0.4, 0.5) is 0 Å². The van der Waals surface area contributed by atoms with E-state index in [1.807, 2.05) is 13.8 Å². The first-order chi connectivity index (χ1) is 7.62. The standard InChI is InChI=1S/C10H19N5O/c1-4-8-13-9(5-2)15(14-8)6-7(12-3)10(11)16/h7,12H,4-6H2,1-3H3,(H2,11,16). The fraction of sp³-hybridized carbons (Fsp3) is 0.700. The maximum absolute atomic E-state index is 11.1. The van der Waals surface area contributed by atoms with Gasteiger partial charge < -0.3 is 11.1 Å². The molecule has 6 nitrogen and oxygen atoms in total. The highest BCUT2D eigenvalue weighted by atomic mass is 16.1. The largest absolute Gasteiger partial charge is 0.368 e. The zero-order valence-corrected chi connectivity index (χ0v) is 10.0. The molecule has 1 amide bonds. The van der Waals surface area contributed by atoms with E-state index >= 15 is 0 Å². The number of aryl methyl sites for hydroxylation is 2. The van der Waals surface area contributed by atoms with E-state index in [-0.39, 0.29) is 5.91 Å². The molecule has 0 aromatic carbocycles. The molecule has 0 fully saturated rings. The van der Waals surface area contributed by atoms with Crippen molar-refractivity contribution in [2.24, 2.45) is 5.73 Å². The van der Waals surface area contributed by atoms with E-state index in [4.69, 9.17) is 5.73 Å². The second kappa shape index (κ2) is 5.60. The number of primary amides is 1. The molecule has 6 heteroatoms. The molecule has 0 aliphatic carbocycles. The zero-order valence-electron chi connectivity index (χ0n) is 10.0. The van der Waals surface area contributed by atoms with Crippen LogP contribution in [0.1, 0.15) is 25.5 Å². The minimum Gasteiger partial charge on any atom is -0.368 e. The molecule has 0 radical (unpaired) electrons. The van der Waals surface area contributed by atoms with E-state index in [0.29, 0.717) is 6.54 Å². The minimum absolute atomic E-state index is 0.377. The monoisotopic (exact) mass is 225 g/mol. The van der Waals surface area contributed by atoms with E-state index < -0.39 is 6.04 Å². The van der Waals surface area contributed by atoms with Gasteiger partial charge >= 0.3 is 0 Å². The number of hydrogen-bond donors (Lipinski definition) is 2. The molecule has 0 saturated carbocycles. The summed E-state index contributed by atoms with van der Waals surface area (Å²) < 4.78 is 1.75. The molecule has 0 bridgehead atoms. The number of aromatic nitrogens is 3. The summed E-state index contributed by atoms with van der Waals surface area (Å²) in [7, 11) is 1.71. The first-order valence-electron chi connectivity index (χ1n) is 5.51. The molecule has 1 aromatic rings. The molecular weight excluding hydrogens is 206 g/mol. The van der Waals surface area contributed by atoms with E-state index in [1.54, 1.807) is 11.7 Å². The molecule has 0 saturated heterocycles. The first-order valence-corrected chi connectivity index (χ1v) is 5.51. The van der Waals surface area contributed by atoms with Crippen LogP contribution in [0.3, 0.4) is 0 Å². The van der Waals surface area contributed by atoms with Gasteiger partial charge in [-0.25, -0.2) is 9.67 Å². The summed E-state index contributed by atoms with van der Waals surface area (Å²) in [5, 5.41) is 7.19. The SMILES string of the molecule is CCc1nc(CC)n(CC(NC)C(N)=O)n1. The Morgan fingerprint density at radius 1 is 1.50 bits per heavy atom. The van der Waals surface area contributed by atoms with Crippen LogP contribution in [0.5, 0.6) is 0 Å². The molecule has 1 heterocycles. The second-order valence-corrected chi connectivity index (χ2v) is 3.58. The number of likely N-dealkylation sites (N-methyl/N-ethyl adjacent to an activating group) is 1. The van der Waals surface area contributed by atoms with Crippen LogP contribution in [-0.2, 0) is 24.2 Å². The molecule has 0 aliphatic rings. The van der Waals surface area contributed by atoms with Gasteiger partial charge in [0, 0.05) is 12.8 Å². The van der Waals surface area contributed by atoms with Crippen LogP contribution in [0, 0.1) is 0 Å². The first kappa shape index (κ1) is 12.6. The molecule has 1 aromatic heterocycles. The van der Waals surface area contributed by atoms with Crippen molar-refractivity contribution in [1.82, 2.24) is 20.1 Å². The van der Waals surface area contributed by atoms with Gasteiger partial charge in [-0.1, -0.05) is 13.8 Å². The highest BCUT2D eigenvalue weighted by Gasteiger charge is 2.16. The van der Waals surface area contributed by atoms with Gasteiger partial charge in [0.05, 0.1) is 6.54 Å². The lowest BCUT2D eigenvalue weighted by molar-refractivity contribution is -0.120. The van der Waals surface area contributed by atoms with Crippen molar-refractivity contribution in [2.75, 3.05) is 7.05 Å². The van der Waals surface area contributed by atoms with Crippen LogP contribution in [0.2, 0.25) is 0 Å². The lowest BCUT2D eigenvalue weighted by Gasteiger charge is -2.12. The highest BCUT2D eigenvalue weighted by Crippen LogP contribution is 2.02. The van der Waals surface area contributed by atoms with Gasteiger partial charge in [-0.3, -0.25) is 4.79 Å². The van der Waals surface area contributed by atoms with Gasteiger partial charge in [0.25, 0.3) is 0 Å². The molecular formula is C10H19N5O. The van der Waals surface area contributed by atoms with Gasteiger partial charge in [0.2, 0.25) is 5.91 Å². The number of nitrogens with two attached hydrogens (primary N) is 1. The summed E-state index contributed by atoms with van der Waals surface area (Å²) in [5.74, 6) is 1.31. The summed E-state index contributed by atoms with van der Waals surface area (Å²) in [4.78, 5) is 15.5. The predicted molar refractivity (Wildman–Crippen MR) is 60.8 cm³/mol. The Bertz CT molecular complexity index is 360. The van der Waals surface area contributed by atoms with E-state index in [0.717, 1.165) is 24.5 Å². The predicted octanol–water partition coefficient (Wildman–Crippen LogP) is -0.524. The van der Waals surface area contributed by atoms with Crippen molar-refractivity contribution in [3.05, 3.63) is 11.6 Å². The summed E-state index contributed by atoms with van der Waals surface area (Å²) in [5.41, 5.74) is 5.26. The van der Waals surface area contributed by atoms with Crippen molar-refractivity contribution in [3.8, 4) is 0 Å². The van der Waals surface area contributed by atoms with Crippen LogP contribution in [-0.4, -0.2) is 33.8 Å². The lowest BCUT2D eigenvalue weighted by Crippen LogP contribution is -2.42. The molecule has 16 heavy (non-hydrogen) atoms. The zero-order chi connectivity index (χ0) is 12.1. The Morgan fingerprint density at radius 3 is 2.62 bits per heavy atom. The minimum atomic E-state index is -0.406. The Balaban J connectivity index is 2.85. The second-order valence-electron chi connectivity index (χ2n) is 3.58. The van der Waals surface area contributed by atoms with Crippen molar-refractivity contribution in [3.63, 3.8) is 0 Å². The average Bonchev–Trinajstić information content (AvgIpc) is 2.67. The third-order valence-corrected chi connectivity index (χ3v) is 2.47. The van der Waals surface area contributed by atoms with Crippen LogP contribution in [0.25, 0.3) is 0 Å². The fourth-order valence-electron chi connectivity index (χ4n) is 1.48. The fourth-order valence-corrected chi connectivity index (χ4v) is 1.48. The molecule has 0 aliphatic heterocycles. The van der Waals surface area contributed by atoms with Gasteiger partial charge in [-0.2, -0.15) is 5.10 Å².